The molecule has 5 nitrogen and oxygen atoms in total. The van der Waals surface area contributed by atoms with Crippen molar-refractivity contribution in [3.05, 3.63) is 77.3 Å². The molecule has 142 valence electrons. The van der Waals surface area contributed by atoms with E-state index in [0.717, 1.165) is 27.8 Å². The smallest absolute Gasteiger partial charge is 0.258 e. The predicted octanol–water partition coefficient (Wildman–Crippen LogP) is 6.13. The Labute approximate surface area is 168 Å². The quantitative estimate of drug-likeness (QED) is 0.454. The fourth-order valence-electron chi connectivity index (χ4n) is 2.78. The molecule has 0 atom stereocenters. The summed E-state index contributed by atoms with van der Waals surface area (Å²) in [6.45, 7) is 6.01. The number of anilines is 1. The lowest BCUT2D eigenvalue weighted by atomic mass is 10.0. The summed E-state index contributed by atoms with van der Waals surface area (Å²) in [5.41, 5.74) is 4.96. The lowest BCUT2D eigenvalue weighted by molar-refractivity contribution is 0.102. The highest BCUT2D eigenvalue weighted by Gasteiger charge is 2.11. The fourth-order valence-corrected chi connectivity index (χ4v) is 3.00. The molecule has 2 heterocycles. The lowest BCUT2D eigenvalue weighted by Crippen LogP contribution is -2.13. The Morgan fingerprint density at radius 3 is 2.57 bits per heavy atom. The van der Waals surface area contributed by atoms with Gasteiger partial charge >= 0.3 is 0 Å². The van der Waals surface area contributed by atoms with Crippen LogP contribution < -0.4 is 5.32 Å². The van der Waals surface area contributed by atoms with Crippen molar-refractivity contribution >= 4 is 34.4 Å². The van der Waals surface area contributed by atoms with Crippen molar-refractivity contribution in [2.45, 2.75) is 20.8 Å². The van der Waals surface area contributed by atoms with Crippen molar-refractivity contribution in [2.75, 3.05) is 5.32 Å². The standard InChI is InChI=1S/C20H14ClN3O2.C2H6/c1-12-8-17-18(26-11-23-17)9-15(12)13-6-7-19(22-10-13)24-20(25)14-4-2-3-5-16(14)21;1-2/h2-11H,1H3,(H,22,24,25);1-2H3. The van der Waals surface area contributed by atoms with Crippen LogP contribution >= 0.6 is 11.6 Å². The summed E-state index contributed by atoms with van der Waals surface area (Å²) in [5, 5.41) is 3.16. The minimum Gasteiger partial charge on any atom is -0.443 e. The third-order valence-electron chi connectivity index (χ3n) is 4.11. The number of amides is 1. The molecule has 0 aliphatic rings. The van der Waals surface area contributed by atoms with Gasteiger partial charge in [-0.05, 0) is 54.4 Å². The molecule has 0 bridgehead atoms. The summed E-state index contributed by atoms with van der Waals surface area (Å²) in [7, 11) is 0. The van der Waals surface area contributed by atoms with Crippen LogP contribution in [0, 0.1) is 6.92 Å². The number of aromatic nitrogens is 2. The Kier molecular flexibility index (Phi) is 6.06. The van der Waals surface area contributed by atoms with Crippen molar-refractivity contribution < 1.29 is 9.21 Å². The number of carbonyl (C=O) groups excluding carboxylic acids is 1. The fraction of sp³-hybridized carbons (Fsp3) is 0.136. The molecule has 0 spiro atoms. The first-order valence-electron chi connectivity index (χ1n) is 8.98. The van der Waals surface area contributed by atoms with E-state index in [1.807, 2.05) is 39.0 Å². The number of halogens is 1. The molecule has 0 saturated heterocycles. The molecule has 0 unspecified atom stereocenters. The predicted molar refractivity (Wildman–Crippen MR) is 113 cm³/mol. The van der Waals surface area contributed by atoms with Gasteiger partial charge < -0.3 is 9.73 Å². The summed E-state index contributed by atoms with van der Waals surface area (Å²) < 4.78 is 5.37. The molecule has 1 N–H and O–H groups in total. The Morgan fingerprint density at radius 1 is 1.07 bits per heavy atom. The first-order chi connectivity index (χ1) is 13.6. The number of benzene rings is 2. The van der Waals surface area contributed by atoms with Crippen LogP contribution in [0.5, 0.6) is 0 Å². The van der Waals surface area contributed by atoms with Gasteiger partial charge in [-0.3, -0.25) is 4.79 Å². The van der Waals surface area contributed by atoms with Gasteiger partial charge in [0.15, 0.2) is 12.0 Å². The second kappa shape index (κ2) is 8.67. The molecule has 2 aromatic carbocycles. The van der Waals surface area contributed by atoms with Gasteiger partial charge in [-0.2, -0.15) is 0 Å². The van der Waals surface area contributed by atoms with Crippen molar-refractivity contribution in [3.8, 4) is 11.1 Å². The summed E-state index contributed by atoms with van der Waals surface area (Å²) in [6.07, 6.45) is 3.15. The molecule has 0 aliphatic carbocycles. The van der Waals surface area contributed by atoms with Gasteiger partial charge in [-0.15, -0.1) is 0 Å². The zero-order chi connectivity index (χ0) is 20.1. The van der Waals surface area contributed by atoms with E-state index in [2.05, 4.69) is 15.3 Å². The van der Waals surface area contributed by atoms with Gasteiger partial charge in [0.1, 0.15) is 11.3 Å². The molecule has 2 aromatic heterocycles. The second-order valence-corrected chi connectivity index (χ2v) is 6.26. The van der Waals surface area contributed by atoms with Crippen LogP contribution in [-0.4, -0.2) is 15.9 Å². The van der Waals surface area contributed by atoms with E-state index in [9.17, 15) is 4.79 Å². The highest BCUT2D eigenvalue weighted by molar-refractivity contribution is 6.34. The highest BCUT2D eigenvalue weighted by Crippen LogP contribution is 2.28. The van der Waals surface area contributed by atoms with Crippen LogP contribution in [-0.2, 0) is 0 Å². The maximum absolute atomic E-state index is 12.3. The maximum Gasteiger partial charge on any atom is 0.258 e. The molecule has 28 heavy (non-hydrogen) atoms. The average molecular weight is 394 g/mol. The third-order valence-corrected chi connectivity index (χ3v) is 4.44. The van der Waals surface area contributed by atoms with Crippen molar-refractivity contribution in [2.24, 2.45) is 0 Å². The van der Waals surface area contributed by atoms with Gasteiger partial charge in [-0.1, -0.05) is 37.6 Å². The minimum atomic E-state index is -0.296. The lowest BCUT2D eigenvalue weighted by Gasteiger charge is -2.08. The van der Waals surface area contributed by atoms with Crippen LogP contribution in [0.2, 0.25) is 5.02 Å². The van der Waals surface area contributed by atoms with Gasteiger partial charge in [-0.25, -0.2) is 9.97 Å². The second-order valence-electron chi connectivity index (χ2n) is 5.85. The molecule has 4 aromatic rings. The van der Waals surface area contributed by atoms with Crippen molar-refractivity contribution in [1.29, 1.82) is 0 Å². The number of carbonyl (C=O) groups is 1. The van der Waals surface area contributed by atoms with Gasteiger partial charge in [0.2, 0.25) is 0 Å². The van der Waals surface area contributed by atoms with Crippen LogP contribution in [0.15, 0.2) is 65.5 Å². The van der Waals surface area contributed by atoms with Gasteiger partial charge in [0.05, 0.1) is 10.6 Å². The van der Waals surface area contributed by atoms with Gasteiger partial charge in [0.25, 0.3) is 5.91 Å². The number of hydrogen-bond donors (Lipinski definition) is 1. The Morgan fingerprint density at radius 2 is 1.86 bits per heavy atom. The van der Waals surface area contributed by atoms with Crippen LogP contribution in [0.4, 0.5) is 5.82 Å². The largest absolute Gasteiger partial charge is 0.443 e. The number of oxazole rings is 1. The SMILES string of the molecule is CC.Cc1cc2ncoc2cc1-c1ccc(NC(=O)c2ccccc2Cl)nc1. The van der Waals surface area contributed by atoms with E-state index in [1.165, 1.54) is 6.39 Å². The number of aryl methyl sites for hydroxylation is 1. The molecule has 0 radical (unpaired) electrons. The number of fused-ring (bicyclic) bond motifs is 1. The molecule has 0 saturated carbocycles. The molecule has 0 aliphatic heterocycles. The summed E-state index contributed by atoms with van der Waals surface area (Å²) in [4.78, 5) is 20.8. The number of pyridine rings is 1. The van der Waals surface area contributed by atoms with Gasteiger partial charge in [0, 0.05) is 11.8 Å². The first kappa shape index (κ1) is 19.6. The number of nitrogens with zero attached hydrogens (tertiary/aromatic N) is 2. The molecule has 0 fully saturated rings. The Bertz CT molecular complexity index is 1100. The third kappa shape index (κ3) is 4.05. The number of nitrogens with one attached hydrogen (secondary N) is 1. The van der Waals surface area contributed by atoms with E-state index in [4.69, 9.17) is 16.0 Å². The van der Waals surface area contributed by atoms with E-state index in [-0.39, 0.29) is 5.91 Å². The highest BCUT2D eigenvalue weighted by atomic mass is 35.5. The normalized spacial score (nSPS) is 10.3. The van der Waals surface area contributed by atoms with E-state index >= 15 is 0 Å². The van der Waals surface area contributed by atoms with Crippen molar-refractivity contribution in [3.63, 3.8) is 0 Å². The van der Waals surface area contributed by atoms with Crippen LogP contribution in [0.25, 0.3) is 22.2 Å². The summed E-state index contributed by atoms with van der Waals surface area (Å²) >= 11 is 6.05. The molecule has 6 heteroatoms. The number of rotatable bonds is 3. The molecular weight excluding hydrogens is 374 g/mol. The Hall–Kier alpha value is -3.18. The van der Waals surface area contributed by atoms with Crippen LogP contribution in [0.3, 0.4) is 0 Å². The van der Waals surface area contributed by atoms with Crippen molar-refractivity contribution in [1.82, 2.24) is 9.97 Å². The van der Waals surface area contributed by atoms with Crippen LogP contribution in [0.1, 0.15) is 29.8 Å². The summed E-state index contributed by atoms with van der Waals surface area (Å²) in [5.74, 6) is 0.159. The zero-order valence-corrected chi connectivity index (χ0v) is 16.6. The van der Waals surface area contributed by atoms with E-state index in [0.29, 0.717) is 16.4 Å². The topological polar surface area (TPSA) is 68.0 Å². The maximum atomic E-state index is 12.3. The van der Waals surface area contributed by atoms with E-state index in [1.54, 1.807) is 36.5 Å². The molecule has 1 amide bonds. The average Bonchev–Trinajstić information content (AvgIpc) is 3.17. The Balaban J connectivity index is 0.00000109. The molecule has 4 rings (SSSR count). The monoisotopic (exact) mass is 393 g/mol. The summed E-state index contributed by atoms with van der Waals surface area (Å²) in [6, 6.07) is 14.5. The zero-order valence-electron chi connectivity index (χ0n) is 15.9. The van der Waals surface area contributed by atoms with E-state index < -0.39 is 0 Å². The number of hydrogen-bond acceptors (Lipinski definition) is 4. The first-order valence-corrected chi connectivity index (χ1v) is 9.36. The minimum absolute atomic E-state index is 0.296. The molecular formula is C22H20ClN3O2.